The van der Waals surface area contributed by atoms with Crippen molar-refractivity contribution in [3.8, 4) is 0 Å². The summed E-state index contributed by atoms with van der Waals surface area (Å²) >= 11 is 0. The molecule has 38 heavy (non-hydrogen) atoms. The van der Waals surface area contributed by atoms with Crippen molar-refractivity contribution in [2.75, 3.05) is 6.61 Å². The van der Waals surface area contributed by atoms with Crippen molar-refractivity contribution in [3.05, 3.63) is 0 Å². The number of rotatable bonds is 31. The van der Waals surface area contributed by atoms with Gasteiger partial charge < -0.3 is 4.74 Å². The molecule has 0 spiro atoms. The zero-order valence-electron chi connectivity index (χ0n) is 27.0. The van der Waals surface area contributed by atoms with Crippen LogP contribution in [-0.2, 0) is 9.53 Å². The summed E-state index contributed by atoms with van der Waals surface area (Å²) in [5.74, 6) is 0.686. The Morgan fingerprint density at radius 3 is 1.08 bits per heavy atom. The summed E-state index contributed by atoms with van der Waals surface area (Å²) in [7, 11) is 0. The van der Waals surface area contributed by atoms with Gasteiger partial charge in [0.25, 0.3) is 0 Å². The number of carbonyl (C=O) groups excluding carboxylic acids is 1. The van der Waals surface area contributed by atoms with E-state index in [1.54, 1.807) is 0 Å². The first-order valence-corrected chi connectivity index (χ1v) is 17.8. The van der Waals surface area contributed by atoms with Crippen LogP contribution in [0, 0.1) is 11.8 Å². The van der Waals surface area contributed by atoms with Crippen molar-refractivity contribution in [2.24, 2.45) is 11.8 Å². The first-order chi connectivity index (χ1) is 18.7. The lowest BCUT2D eigenvalue weighted by molar-refractivity contribution is -0.149. The molecule has 0 heterocycles. The van der Waals surface area contributed by atoms with Crippen LogP contribution in [0.25, 0.3) is 0 Å². The Morgan fingerprint density at radius 1 is 0.447 bits per heavy atom. The van der Waals surface area contributed by atoms with Crippen LogP contribution >= 0.6 is 0 Å². The van der Waals surface area contributed by atoms with Gasteiger partial charge in [-0.15, -0.1) is 0 Å². The molecule has 0 N–H and O–H groups in total. The second kappa shape index (κ2) is 31.0. The molecule has 0 aromatic carbocycles. The van der Waals surface area contributed by atoms with Gasteiger partial charge in [0.2, 0.25) is 0 Å². The van der Waals surface area contributed by atoms with Gasteiger partial charge in [0.15, 0.2) is 0 Å². The Morgan fingerprint density at radius 2 is 0.737 bits per heavy atom. The molecule has 0 saturated heterocycles. The van der Waals surface area contributed by atoms with Crippen LogP contribution in [0.3, 0.4) is 0 Å². The lowest BCUT2D eigenvalue weighted by atomic mass is 9.94. The third-order valence-electron chi connectivity index (χ3n) is 8.54. The maximum absolute atomic E-state index is 12.7. The van der Waals surface area contributed by atoms with Crippen molar-refractivity contribution >= 4 is 5.97 Å². The highest BCUT2D eigenvalue weighted by molar-refractivity contribution is 5.71. The van der Waals surface area contributed by atoms with Gasteiger partial charge in [-0.05, 0) is 25.2 Å². The van der Waals surface area contributed by atoms with Crippen LogP contribution in [0.5, 0.6) is 0 Å². The molecule has 0 saturated carbocycles. The summed E-state index contributed by atoms with van der Waals surface area (Å²) in [4.78, 5) is 12.7. The number of hydrogen-bond acceptors (Lipinski definition) is 2. The first-order valence-electron chi connectivity index (χ1n) is 17.8. The van der Waals surface area contributed by atoms with E-state index in [1.807, 2.05) is 0 Å². The topological polar surface area (TPSA) is 26.3 Å². The number of hydrogen-bond donors (Lipinski definition) is 0. The van der Waals surface area contributed by atoms with Gasteiger partial charge >= 0.3 is 5.97 Å². The summed E-state index contributed by atoms with van der Waals surface area (Å²) in [6.45, 7) is 9.59. The normalized spacial score (nSPS) is 13.1. The molecule has 0 aliphatic rings. The van der Waals surface area contributed by atoms with Crippen LogP contribution < -0.4 is 0 Å². The van der Waals surface area contributed by atoms with Crippen molar-refractivity contribution in [2.45, 2.75) is 207 Å². The Balaban J connectivity index is 4.15. The minimum Gasteiger partial charge on any atom is -0.465 e. The predicted molar refractivity (Wildman–Crippen MR) is 170 cm³/mol. The van der Waals surface area contributed by atoms with Gasteiger partial charge in [0, 0.05) is 0 Å². The Labute approximate surface area is 241 Å². The van der Waals surface area contributed by atoms with Crippen molar-refractivity contribution in [1.82, 2.24) is 0 Å². The lowest BCUT2D eigenvalue weighted by Gasteiger charge is -2.19. The smallest absolute Gasteiger partial charge is 0.308 e. The molecule has 2 unspecified atom stereocenters. The maximum atomic E-state index is 12.7. The van der Waals surface area contributed by atoms with Gasteiger partial charge in [0.1, 0.15) is 0 Å². The molecule has 2 heteroatoms. The molecule has 0 rings (SSSR count). The standard InChI is InChI=1S/C36H72O2/c1-5-8-11-14-17-19-20-23-26-29-32-35(31-28-25-22-18-15-12-9-6-2)33-38-36(37)34(4)30-27-24-21-16-13-10-7-3/h34-35H,5-33H2,1-4H3. The molecule has 0 bridgehead atoms. The second-order valence-corrected chi connectivity index (χ2v) is 12.5. The van der Waals surface area contributed by atoms with Crippen LogP contribution in [0.4, 0.5) is 0 Å². The highest BCUT2D eigenvalue weighted by atomic mass is 16.5. The van der Waals surface area contributed by atoms with Crippen molar-refractivity contribution in [3.63, 3.8) is 0 Å². The molecule has 2 nitrogen and oxygen atoms in total. The molecule has 0 fully saturated rings. The van der Waals surface area contributed by atoms with E-state index in [0.29, 0.717) is 12.5 Å². The number of ether oxygens (including phenoxy) is 1. The van der Waals surface area contributed by atoms with E-state index in [1.165, 1.54) is 173 Å². The lowest BCUT2D eigenvalue weighted by Crippen LogP contribution is -2.20. The molecule has 0 radical (unpaired) electrons. The van der Waals surface area contributed by atoms with Crippen LogP contribution in [0.1, 0.15) is 207 Å². The Hall–Kier alpha value is -0.530. The molecule has 0 aliphatic carbocycles. The van der Waals surface area contributed by atoms with E-state index >= 15 is 0 Å². The summed E-state index contributed by atoms with van der Waals surface area (Å²) in [6.07, 6.45) is 37.5. The minimum absolute atomic E-state index is 0.0555. The minimum atomic E-state index is 0.0555. The zero-order chi connectivity index (χ0) is 27.9. The van der Waals surface area contributed by atoms with E-state index in [0.717, 1.165) is 6.42 Å². The number of unbranched alkanes of at least 4 members (excludes halogenated alkanes) is 22. The fourth-order valence-corrected chi connectivity index (χ4v) is 5.67. The summed E-state index contributed by atoms with van der Waals surface area (Å²) < 4.78 is 5.90. The van der Waals surface area contributed by atoms with Gasteiger partial charge in [0.05, 0.1) is 12.5 Å². The van der Waals surface area contributed by atoms with E-state index in [-0.39, 0.29) is 11.9 Å². The van der Waals surface area contributed by atoms with Gasteiger partial charge in [-0.1, -0.05) is 188 Å². The van der Waals surface area contributed by atoms with E-state index in [4.69, 9.17) is 4.74 Å². The summed E-state index contributed by atoms with van der Waals surface area (Å²) in [6, 6.07) is 0. The highest BCUT2D eigenvalue weighted by Gasteiger charge is 2.17. The molecule has 0 aromatic rings. The molecular formula is C36H72O2. The SMILES string of the molecule is CCCCCCCCCCCCC(CCCCCCCCCC)COC(=O)C(C)CCCCCCCCC. The Kier molecular flexibility index (Phi) is 30.6. The molecular weight excluding hydrogens is 464 g/mol. The number of esters is 1. The molecule has 228 valence electrons. The first kappa shape index (κ1) is 37.5. The quantitative estimate of drug-likeness (QED) is 0.0650. The van der Waals surface area contributed by atoms with E-state index in [9.17, 15) is 4.79 Å². The molecule has 0 aliphatic heterocycles. The van der Waals surface area contributed by atoms with Gasteiger partial charge in [-0.25, -0.2) is 0 Å². The summed E-state index contributed by atoms with van der Waals surface area (Å²) in [5, 5.41) is 0. The predicted octanol–water partition coefficient (Wildman–Crippen LogP) is 12.8. The molecule has 2 atom stereocenters. The third kappa shape index (κ3) is 27.1. The largest absolute Gasteiger partial charge is 0.465 e. The van der Waals surface area contributed by atoms with Crippen molar-refractivity contribution < 1.29 is 9.53 Å². The van der Waals surface area contributed by atoms with E-state index < -0.39 is 0 Å². The van der Waals surface area contributed by atoms with E-state index in [2.05, 4.69) is 27.7 Å². The molecule has 0 aromatic heterocycles. The van der Waals surface area contributed by atoms with Gasteiger partial charge in [-0.2, -0.15) is 0 Å². The number of carbonyl (C=O) groups is 1. The van der Waals surface area contributed by atoms with Crippen LogP contribution in [0.2, 0.25) is 0 Å². The maximum Gasteiger partial charge on any atom is 0.308 e. The average molecular weight is 537 g/mol. The van der Waals surface area contributed by atoms with Gasteiger partial charge in [-0.3, -0.25) is 4.79 Å². The second-order valence-electron chi connectivity index (χ2n) is 12.5. The monoisotopic (exact) mass is 537 g/mol. The summed E-state index contributed by atoms with van der Waals surface area (Å²) in [5.41, 5.74) is 0. The highest BCUT2D eigenvalue weighted by Crippen LogP contribution is 2.21. The zero-order valence-corrected chi connectivity index (χ0v) is 27.0. The average Bonchev–Trinajstić information content (AvgIpc) is 2.92. The molecule has 0 amide bonds. The third-order valence-corrected chi connectivity index (χ3v) is 8.54. The fourth-order valence-electron chi connectivity index (χ4n) is 5.67. The van der Waals surface area contributed by atoms with Crippen LogP contribution in [0.15, 0.2) is 0 Å². The van der Waals surface area contributed by atoms with Crippen LogP contribution in [-0.4, -0.2) is 12.6 Å². The van der Waals surface area contributed by atoms with Crippen molar-refractivity contribution in [1.29, 1.82) is 0 Å². The Bertz CT molecular complexity index is 460. The fraction of sp³-hybridized carbons (Fsp3) is 0.972.